The van der Waals surface area contributed by atoms with Gasteiger partial charge in [-0.15, -0.1) is 0 Å². The van der Waals surface area contributed by atoms with Crippen LogP contribution in [0.5, 0.6) is 0 Å². The highest BCUT2D eigenvalue weighted by atomic mass is 16.7. The van der Waals surface area contributed by atoms with Crippen LogP contribution < -0.4 is 0 Å². The van der Waals surface area contributed by atoms with Crippen LogP contribution in [-0.2, 0) is 28.5 Å². The summed E-state index contributed by atoms with van der Waals surface area (Å²) in [7, 11) is 1.39. The van der Waals surface area contributed by atoms with Crippen molar-refractivity contribution in [3.8, 4) is 0 Å². The largest absolute Gasteiger partial charge is 0.458 e. The normalized spacial score (nSPS) is 31.4. The molecule has 1 aliphatic heterocycles. The van der Waals surface area contributed by atoms with E-state index >= 15 is 0 Å². The second-order valence-electron chi connectivity index (χ2n) is 4.34. The lowest BCUT2D eigenvalue weighted by atomic mass is 10.1. The summed E-state index contributed by atoms with van der Waals surface area (Å²) in [6.07, 6.45) is -1.92. The average molecular weight is 276 g/mol. The topological polar surface area (TPSA) is 91.3 Å². The van der Waals surface area contributed by atoms with Crippen LogP contribution in [0.3, 0.4) is 0 Å². The van der Waals surface area contributed by atoms with Gasteiger partial charge in [-0.1, -0.05) is 0 Å². The van der Waals surface area contributed by atoms with Crippen LogP contribution in [0.4, 0.5) is 0 Å². The molecule has 1 aliphatic rings. The second kappa shape index (κ2) is 7.42. The smallest absolute Gasteiger partial charge is 0.303 e. The fraction of sp³-hybridized carbons (Fsp3) is 0.833. The van der Waals surface area contributed by atoms with Crippen molar-refractivity contribution in [2.24, 2.45) is 0 Å². The first-order valence-electron chi connectivity index (χ1n) is 6.11. The third-order valence-electron chi connectivity index (χ3n) is 2.79. The summed E-state index contributed by atoms with van der Waals surface area (Å²) in [4.78, 5) is 22.3. The number of carbonyl (C=O) groups is 2. The Hall–Kier alpha value is -1.18. The van der Waals surface area contributed by atoms with Crippen LogP contribution in [0.2, 0.25) is 0 Å². The van der Waals surface area contributed by atoms with E-state index in [1.165, 1.54) is 21.0 Å². The molecule has 0 amide bonds. The first-order valence-corrected chi connectivity index (χ1v) is 6.11. The molecule has 0 aliphatic carbocycles. The molecule has 1 rings (SSSR count). The van der Waals surface area contributed by atoms with Gasteiger partial charge in [-0.2, -0.15) is 0 Å². The molecule has 0 unspecified atom stereocenters. The Morgan fingerprint density at radius 1 is 1.21 bits per heavy atom. The van der Waals surface area contributed by atoms with Crippen molar-refractivity contribution in [3.63, 3.8) is 0 Å². The fourth-order valence-electron chi connectivity index (χ4n) is 2.01. The molecule has 1 fully saturated rings. The maximum absolute atomic E-state index is 11.1. The maximum atomic E-state index is 11.1. The standard InChI is InChI=1S/C12H20O7/c1-7(14)17-10-5-4-9(6-13)19-12(16-3)11(10)18-8(2)15/h9-13H,4-6H2,1-3H3/t9-,10+,11+,12+/m1/s1. The van der Waals surface area contributed by atoms with Gasteiger partial charge in [0.2, 0.25) is 0 Å². The van der Waals surface area contributed by atoms with Crippen molar-refractivity contribution in [1.82, 2.24) is 0 Å². The molecule has 0 bridgehead atoms. The van der Waals surface area contributed by atoms with Gasteiger partial charge in [-0.25, -0.2) is 0 Å². The van der Waals surface area contributed by atoms with Crippen LogP contribution in [0, 0.1) is 0 Å². The summed E-state index contributed by atoms with van der Waals surface area (Å²) < 4.78 is 20.9. The van der Waals surface area contributed by atoms with Gasteiger partial charge in [0.15, 0.2) is 12.4 Å². The molecule has 1 heterocycles. The van der Waals surface area contributed by atoms with Crippen molar-refractivity contribution < 1.29 is 33.6 Å². The number of hydrogen-bond donors (Lipinski definition) is 1. The lowest BCUT2D eigenvalue weighted by molar-refractivity contribution is -0.229. The fourth-order valence-corrected chi connectivity index (χ4v) is 2.01. The van der Waals surface area contributed by atoms with Gasteiger partial charge >= 0.3 is 11.9 Å². The van der Waals surface area contributed by atoms with Crippen LogP contribution in [0.1, 0.15) is 26.7 Å². The number of carbonyl (C=O) groups excluding carboxylic acids is 2. The second-order valence-corrected chi connectivity index (χ2v) is 4.34. The predicted molar refractivity (Wildman–Crippen MR) is 63.1 cm³/mol. The Morgan fingerprint density at radius 3 is 2.32 bits per heavy atom. The van der Waals surface area contributed by atoms with Gasteiger partial charge in [0.1, 0.15) is 6.10 Å². The van der Waals surface area contributed by atoms with Gasteiger partial charge in [-0.3, -0.25) is 9.59 Å². The monoisotopic (exact) mass is 276 g/mol. The molecule has 0 radical (unpaired) electrons. The molecule has 4 atom stereocenters. The maximum Gasteiger partial charge on any atom is 0.303 e. The van der Waals surface area contributed by atoms with E-state index in [4.69, 9.17) is 24.1 Å². The van der Waals surface area contributed by atoms with E-state index in [2.05, 4.69) is 0 Å². The molecule has 110 valence electrons. The first kappa shape index (κ1) is 15.9. The average Bonchev–Trinajstić information content (AvgIpc) is 2.49. The summed E-state index contributed by atoms with van der Waals surface area (Å²) in [5, 5.41) is 9.17. The Morgan fingerprint density at radius 2 is 1.84 bits per heavy atom. The van der Waals surface area contributed by atoms with E-state index in [1.807, 2.05) is 0 Å². The highest BCUT2D eigenvalue weighted by Gasteiger charge is 2.40. The van der Waals surface area contributed by atoms with Crippen molar-refractivity contribution in [1.29, 1.82) is 0 Å². The molecule has 0 spiro atoms. The van der Waals surface area contributed by atoms with E-state index in [9.17, 15) is 9.59 Å². The molecule has 0 aromatic heterocycles. The molecule has 7 nitrogen and oxygen atoms in total. The summed E-state index contributed by atoms with van der Waals surface area (Å²) >= 11 is 0. The molecule has 7 heteroatoms. The quantitative estimate of drug-likeness (QED) is 0.722. The number of methoxy groups -OCH3 is 1. The van der Waals surface area contributed by atoms with Crippen molar-refractivity contribution >= 4 is 11.9 Å². The number of ether oxygens (including phenoxy) is 4. The van der Waals surface area contributed by atoms with Crippen molar-refractivity contribution in [3.05, 3.63) is 0 Å². The number of rotatable bonds is 4. The van der Waals surface area contributed by atoms with E-state index in [-0.39, 0.29) is 6.61 Å². The number of esters is 2. The molecule has 19 heavy (non-hydrogen) atoms. The van der Waals surface area contributed by atoms with Crippen molar-refractivity contribution in [2.75, 3.05) is 13.7 Å². The Balaban J connectivity index is 2.88. The molecule has 0 aromatic carbocycles. The predicted octanol–water partition coefficient (Wildman–Crippen LogP) is -0.00640. The minimum absolute atomic E-state index is 0.181. The van der Waals surface area contributed by atoms with E-state index in [0.717, 1.165) is 0 Å². The van der Waals surface area contributed by atoms with Crippen LogP contribution in [0.25, 0.3) is 0 Å². The zero-order chi connectivity index (χ0) is 14.4. The molecule has 1 saturated heterocycles. The van der Waals surface area contributed by atoms with Crippen LogP contribution in [0.15, 0.2) is 0 Å². The minimum Gasteiger partial charge on any atom is -0.458 e. The Labute approximate surface area is 111 Å². The summed E-state index contributed by atoms with van der Waals surface area (Å²) in [5.74, 6) is -0.991. The number of aliphatic hydroxyl groups excluding tert-OH is 1. The van der Waals surface area contributed by atoms with Crippen LogP contribution in [-0.4, -0.2) is 55.4 Å². The third-order valence-corrected chi connectivity index (χ3v) is 2.79. The SMILES string of the molecule is CO[C@H]1O[C@@H](CO)CC[C@H](OC(C)=O)[C@@H]1OC(C)=O. The van der Waals surface area contributed by atoms with Gasteiger partial charge in [0.05, 0.1) is 12.7 Å². The zero-order valence-electron chi connectivity index (χ0n) is 11.3. The van der Waals surface area contributed by atoms with E-state index in [0.29, 0.717) is 12.8 Å². The number of hydrogen-bond acceptors (Lipinski definition) is 7. The highest BCUT2D eigenvalue weighted by Crippen LogP contribution is 2.25. The molecule has 1 N–H and O–H groups in total. The highest BCUT2D eigenvalue weighted by molar-refractivity contribution is 5.67. The van der Waals surface area contributed by atoms with E-state index in [1.54, 1.807) is 0 Å². The lowest BCUT2D eigenvalue weighted by Crippen LogP contribution is -2.44. The summed E-state index contributed by atoms with van der Waals surface area (Å²) in [6, 6.07) is 0. The van der Waals surface area contributed by atoms with Gasteiger partial charge < -0.3 is 24.1 Å². The summed E-state index contributed by atoms with van der Waals surface area (Å²) in [5.41, 5.74) is 0. The first-order chi connectivity index (χ1) is 8.97. The molecular weight excluding hydrogens is 256 g/mol. The Bertz CT molecular complexity index is 317. The van der Waals surface area contributed by atoms with Gasteiger partial charge in [-0.05, 0) is 12.8 Å². The Kier molecular flexibility index (Phi) is 6.20. The molecule has 0 saturated carbocycles. The van der Waals surface area contributed by atoms with Gasteiger partial charge in [0, 0.05) is 21.0 Å². The zero-order valence-corrected chi connectivity index (χ0v) is 11.3. The molecule has 0 aromatic rings. The number of aliphatic hydroxyl groups is 1. The van der Waals surface area contributed by atoms with Crippen molar-refractivity contribution in [2.45, 2.75) is 51.3 Å². The minimum atomic E-state index is -0.882. The van der Waals surface area contributed by atoms with Gasteiger partial charge in [0.25, 0.3) is 0 Å². The third kappa shape index (κ3) is 4.77. The lowest BCUT2D eigenvalue weighted by Gasteiger charge is -2.29. The van der Waals surface area contributed by atoms with E-state index < -0.39 is 36.5 Å². The molecular formula is C12H20O7. The summed E-state index contributed by atoms with van der Waals surface area (Å²) in [6.45, 7) is 2.35. The van der Waals surface area contributed by atoms with Crippen LogP contribution >= 0.6 is 0 Å².